The standard InChI is InChI=1S/C18H34O5S/c1-2-3-4-11-14-17(23-24(21)22)15-12-9-7-5-6-8-10-13-16-18(19)20/h9,12,17H,2-8,10-11,13-16H2,1H3,(H,19,20)(H,21,22). The van der Waals surface area contributed by atoms with Gasteiger partial charge in [0.1, 0.15) is 0 Å². The highest BCUT2D eigenvalue weighted by Gasteiger charge is 2.10. The lowest BCUT2D eigenvalue weighted by Gasteiger charge is -2.12. The lowest BCUT2D eigenvalue weighted by molar-refractivity contribution is -0.137. The van der Waals surface area contributed by atoms with Crippen molar-refractivity contribution in [1.82, 2.24) is 0 Å². The van der Waals surface area contributed by atoms with Crippen LogP contribution in [0.2, 0.25) is 0 Å². The molecule has 2 N–H and O–H groups in total. The molecule has 2 unspecified atom stereocenters. The molecule has 0 aliphatic heterocycles. The maximum atomic E-state index is 10.8. The number of rotatable bonds is 17. The van der Waals surface area contributed by atoms with Crippen LogP contribution in [0.5, 0.6) is 0 Å². The Morgan fingerprint density at radius 2 is 1.71 bits per heavy atom. The van der Waals surface area contributed by atoms with E-state index in [-0.39, 0.29) is 12.5 Å². The highest BCUT2D eigenvalue weighted by molar-refractivity contribution is 7.74. The molecule has 0 aromatic carbocycles. The van der Waals surface area contributed by atoms with Crippen molar-refractivity contribution in [3.8, 4) is 0 Å². The molecule has 0 heterocycles. The van der Waals surface area contributed by atoms with Crippen molar-refractivity contribution in [2.45, 2.75) is 96.5 Å². The molecule has 6 heteroatoms. The second-order valence-corrected chi connectivity index (χ2v) is 6.82. The van der Waals surface area contributed by atoms with Gasteiger partial charge in [0.2, 0.25) is 0 Å². The zero-order chi connectivity index (χ0) is 18.0. The Morgan fingerprint density at radius 3 is 2.38 bits per heavy atom. The van der Waals surface area contributed by atoms with Crippen LogP contribution >= 0.6 is 0 Å². The second kappa shape index (κ2) is 17.1. The predicted molar refractivity (Wildman–Crippen MR) is 98.1 cm³/mol. The van der Waals surface area contributed by atoms with Crippen molar-refractivity contribution >= 4 is 17.3 Å². The first kappa shape index (κ1) is 23.3. The number of hydrogen-bond acceptors (Lipinski definition) is 3. The van der Waals surface area contributed by atoms with Crippen molar-refractivity contribution < 1.29 is 22.8 Å². The third-order valence-corrected chi connectivity index (χ3v) is 4.36. The summed E-state index contributed by atoms with van der Waals surface area (Å²) in [5, 5.41) is 8.54. The Bertz CT molecular complexity index is 357. The Kier molecular flexibility index (Phi) is 16.6. The zero-order valence-electron chi connectivity index (χ0n) is 15.0. The average Bonchev–Trinajstić information content (AvgIpc) is 2.52. The molecular weight excluding hydrogens is 328 g/mol. The Labute approximate surface area is 149 Å². The summed E-state index contributed by atoms with van der Waals surface area (Å²) in [4.78, 5) is 10.4. The van der Waals surface area contributed by atoms with Crippen molar-refractivity contribution in [1.29, 1.82) is 0 Å². The SMILES string of the molecule is CCCCCCC(CC=CCCCCCCCC(=O)O)OS(=O)O. The minimum Gasteiger partial charge on any atom is -0.481 e. The lowest BCUT2D eigenvalue weighted by atomic mass is 10.1. The van der Waals surface area contributed by atoms with Gasteiger partial charge < -0.3 is 5.11 Å². The quantitative estimate of drug-likeness (QED) is 0.210. The number of aliphatic carboxylic acids is 1. The van der Waals surface area contributed by atoms with E-state index in [0.717, 1.165) is 57.8 Å². The van der Waals surface area contributed by atoms with Crippen LogP contribution in [0.3, 0.4) is 0 Å². The van der Waals surface area contributed by atoms with Gasteiger partial charge in [-0.25, -0.2) is 0 Å². The maximum Gasteiger partial charge on any atom is 0.303 e. The smallest absolute Gasteiger partial charge is 0.303 e. The first-order valence-corrected chi connectivity index (χ1v) is 10.2. The summed E-state index contributed by atoms with van der Waals surface area (Å²) >= 11 is -2.20. The van der Waals surface area contributed by atoms with Gasteiger partial charge >= 0.3 is 17.3 Å². The first-order valence-electron chi connectivity index (χ1n) is 9.21. The minimum atomic E-state index is -2.20. The fourth-order valence-electron chi connectivity index (χ4n) is 2.56. The summed E-state index contributed by atoms with van der Waals surface area (Å²) in [6.45, 7) is 2.16. The van der Waals surface area contributed by atoms with Crippen LogP contribution in [0.15, 0.2) is 12.2 Å². The molecule has 0 aliphatic rings. The molecule has 0 aromatic rings. The summed E-state index contributed by atoms with van der Waals surface area (Å²) in [6.07, 6.45) is 16.3. The number of carbonyl (C=O) groups is 1. The molecule has 0 saturated carbocycles. The van der Waals surface area contributed by atoms with Gasteiger partial charge in [-0.2, -0.15) is 4.21 Å². The summed E-state index contributed by atoms with van der Waals surface area (Å²) in [6, 6.07) is 0. The van der Waals surface area contributed by atoms with Crippen molar-refractivity contribution in [3.05, 3.63) is 12.2 Å². The molecule has 5 nitrogen and oxygen atoms in total. The molecule has 0 aromatic heterocycles. The van der Waals surface area contributed by atoms with E-state index in [0.29, 0.717) is 6.42 Å². The summed E-state index contributed by atoms with van der Waals surface area (Å²) in [5.41, 5.74) is 0. The number of hydrogen-bond donors (Lipinski definition) is 2. The van der Waals surface area contributed by atoms with Crippen molar-refractivity contribution in [3.63, 3.8) is 0 Å². The third kappa shape index (κ3) is 17.6. The highest BCUT2D eigenvalue weighted by atomic mass is 32.2. The summed E-state index contributed by atoms with van der Waals surface area (Å²) < 4.78 is 24.8. The Balaban J connectivity index is 3.69. The normalized spacial score (nSPS) is 14.1. The molecule has 2 atom stereocenters. The van der Waals surface area contributed by atoms with Crippen LogP contribution in [0.25, 0.3) is 0 Å². The summed E-state index contributed by atoms with van der Waals surface area (Å²) in [5.74, 6) is -0.715. The van der Waals surface area contributed by atoms with Crippen LogP contribution in [0.1, 0.15) is 90.4 Å². The second-order valence-electron chi connectivity index (χ2n) is 6.19. The van der Waals surface area contributed by atoms with Crippen molar-refractivity contribution in [2.75, 3.05) is 0 Å². The average molecular weight is 363 g/mol. The number of carboxylic acids is 1. The van der Waals surface area contributed by atoms with Crippen LogP contribution < -0.4 is 0 Å². The van der Waals surface area contributed by atoms with E-state index in [9.17, 15) is 9.00 Å². The van der Waals surface area contributed by atoms with Gasteiger partial charge in [0, 0.05) is 6.42 Å². The molecule has 0 amide bonds. The molecule has 0 bridgehead atoms. The first-order chi connectivity index (χ1) is 11.6. The monoisotopic (exact) mass is 362 g/mol. The molecule has 0 fully saturated rings. The largest absolute Gasteiger partial charge is 0.481 e. The fourth-order valence-corrected chi connectivity index (χ4v) is 2.96. The summed E-state index contributed by atoms with van der Waals surface area (Å²) in [7, 11) is 0. The van der Waals surface area contributed by atoms with Crippen LogP contribution in [-0.2, 0) is 20.3 Å². The van der Waals surface area contributed by atoms with E-state index in [1.54, 1.807) is 0 Å². The van der Waals surface area contributed by atoms with E-state index >= 15 is 0 Å². The molecule has 142 valence electrons. The Hall–Kier alpha value is -0.720. The van der Waals surface area contributed by atoms with Gasteiger partial charge in [-0.1, -0.05) is 64.0 Å². The molecular formula is C18H34O5S. The van der Waals surface area contributed by atoms with E-state index in [1.807, 2.05) is 6.08 Å². The lowest BCUT2D eigenvalue weighted by Crippen LogP contribution is -2.13. The minimum absolute atomic E-state index is 0.181. The van der Waals surface area contributed by atoms with Gasteiger partial charge in [-0.05, 0) is 32.1 Å². The van der Waals surface area contributed by atoms with E-state index < -0.39 is 17.3 Å². The van der Waals surface area contributed by atoms with Gasteiger partial charge in [-0.15, -0.1) is 0 Å². The van der Waals surface area contributed by atoms with Gasteiger partial charge in [0.25, 0.3) is 0 Å². The van der Waals surface area contributed by atoms with Crippen molar-refractivity contribution in [2.24, 2.45) is 0 Å². The fraction of sp³-hybridized carbons (Fsp3) is 0.833. The van der Waals surface area contributed by atoms with Gasteiger partial charge in [0.05, 0.1) is 6.10 Å². The third-order valence-electron chi connectivity index (χ3n) is 3.93. The van der Waals surface area contributed by atoms with E-state index in [2.05, 4.69) is 13.0 Å². The molecule has 0 aliphatic carbocycles. The maximum absolute atomic E-state index is 10.8. The van der Waals surface area contributed by atoms with E-state index in [1.165, 1.54) is 12.8 Å². The van der Waals surface area contributed by atoms with Gasteiger partial charge in [-0.3, -0.25) is 13.5 Å². The molecule has 0 spiro atoms. The molecule has 0 saturated heterocycles. The zero-order valence-corrected chi connectivity index (χ0v) is 15.8. The number of carboxylic acid groups (broad SMARTS) is 1. The highest BCUT2D eigenvalue weighted by Crippen LogP contribution is 2.14. The number of unbranched alkanes of at least 4 members (excludes halogenated alkanes) is 8. The van der Waals surface area contributed by atoms with E-state index in [4.69, 9.17) is 13.8 Å². The van der Waals surface area contributed by atoms with Crippen LogP contribution in [0, 0.1) is 0 Å². The topological polar surface area (TPSA) is 83.8 Å². The molecule has 0 radical (unpaired) electrons. The van der Waals surface area contributed by atoms with Crippen LogP contribution in [-0.4, -0.2) is 25.9 Å². The molecule has 24 heavy (non-hydrogen) atoms. The predicted octanol–water partition coefficient (Wildman–Crippen LogP) is 5.24. The molecule has 0 rings (SSSR count). The number of allylic oxidation sites excluding steroid dienone is 1. The van der Waals surface area contributed by atoms with Gasteiger partial charge in [0.15, 0.2) is 0 Å². The van der Waals surface area contributed by atoms with Crippen LogP contribution in [0.4, 0.5) is 0 Å². The Morgan fingerprint density at radius 1 is 1.04 bits per heavy atom.